The largest absolute Gasteiger partial charge is 0.497 e. The average molecular weight is 331 g/mol. The zero-order valence-corrected chi connectivity index (χ0v) is 13.6. The van der Waals surface area contributed by atoms with Crippen molar-refractivity contribution in [1.82, 2.24) is 0 Å². The maximum absolute atomic E-state index is 11.8. The van der Waals surface area contributed by atoms with E-state index in [4.69, 9.17) is 27.5 Å². The fraction of sp³-hybridized carbons (Fsp3) is 0.222. The Kier molecular flexibility index (Phi) is 5.77. The molecule has 2 aromatic rings. The lowest BCUT2D eigenvalue weighted by Gasteiger charge is -2.15. The van der Waals surface area contributed by atoms with Gasteiger partial charge in [-0.25, -0.2) is 0 Å². The van der Waals surface area contributed by atoms with Crippen LogP contribution < -0.4 is 10.5 Å². The topological polar surface area (TPSA) is 76.2 Å². The minimum atomic E-state index is -0.637. The number of aryl methyl sites for hydroxylation is 1. The highest BCUT2D eigenvalue weighted by Gasteiger charge is 2.22. The molecule has 0 bridgehead atoms. The number of nitrogens with one attached hydrogen (secondary N) is 1. The Bertz CT molecular complexity index is 698. The number of hydrogen-bond donors (Lipinski definition) is 2. The van der Waals surface area contributed by atoms with Crippen molar-refractivity contribution < 1.29 is 9.53 Å². The molecule has 0 fully saturated rings. The Balaban J connectivity index is 2.10. The number of carbonyl (C=O) groups is 1. The van der Waals surface area contributed by atoms with Gasteiger partial charge in [-0.1, -0.05) is 23.7 Å². The highest BCUT2D eigenvalue weighted by molar-refractivity contribution is 6.30. The number of carbonyl (C=O) groups excluding carboxylic acids is 1. The average Bonchev–Trinajstić information content (AvgIpc) is 2.54. The molecular formula is C18H19ClN2O2. The van der Waals surface area contributed by atoms with Gasteiger partial charge in [-0.3, -0.25) is 4.79 Å². The number of amides is 1. The fourth-order valence-electron chi connectivity index (χ4n) is 2.40. The number of benzene rings is 2. The van der Waals surface area contributed by atoms with Crippen LogP contribution in [0.4, 0.5) is 0 Å². The van der Waals surface area contributed by atoms with Crippen molar-refractivity contribution in [2.24, 2.45) is 11.7 Å². The van der Waals surface area contributed by atoms with Crippen LogP contribution in [0, 0.1) is 11.3 Å². The van der Waals surface area contributed by atoms with E-state index in [0.29, 0.717) is 29.2 Å². The Hall–Kier alpha value is -2.33. The van der Waals surface area contributed by atoms with Crippen molar-refractivity contribution in [3.05, 3.63) is 64.7 Å². The zero-order valence-electron chi connectivity index (χ0n) is 12.9. The summed E-state index contributed by atoms with van der Waals surface area (Å²) < 4.78 is 5.10. The molecule has 2 aromatic carbocycles. The van der Waals surface area contributed by atoms with E-state index in [-0.39, 0.29) is 5.71 Å². The number of methoxy groups -OCH3 is 1. The first-order valence-electron chi connectivity index (χ1n) is 7.28. The Morgan fingerprint density at radius 2 is 1.96 bits per heavy atom. The van der Waals surface area contributed by atoms with Gasteiger partial charge in [-0.2, -0.15) is 0 Å². The molecule has 1 amide bonds. The molecule has 5 heteroatoms. The van der Waals surface area contributed by atoms with Crippen LogP contribution >= 0.6 is 11.6 Å². The van der Waals surface area contributed by atoms with E-state index in [1.54, 1.807) is 37.4 Å². The maximum Gasteiger partial charge on any atom is 0.226 e. The normalized spacial score (nSPS) is 11.7. The number of nitrogens with two attached hydrogens (primary N) is 1. The van der Waals surface area contributed by atoms with Gasteiger partial charge >= 0.3 is 0 Å². The van der Waals surface area contributed by atoms with Gasteiger partial charge in [0.15, 0.2) is 0 Å². The number of primary amides is 1. The molecule has 2 rings (SSSR count). The Morgan fingerprint density at radius 3 is 2.52 bits per heavy atom. The van der Waals surface area contributed by atoms with E-state index < -0.39 is 11.8 Å². The van der Waals surface area contributed by atoms with Crippen LogP contribution in [0.25, 0.3) is 0 Å². The second-order valence-electron chi connectivity index (χ2n) is 5.27. The van der Waals surface area contributed by atoms with Gasteiger partial charge in [0.05, 0.1) is 18.7 Å². The third kappa shape index (κ3) is 4.57. The summed E-state index contributed by atoms with van der Waals surface area (Å²) >= 11 is 5.96. The van der Waals surface area contributed by atoms with Gasteiger partial charge in [0.25, 0.3) is 0 Å². The molecule has 120 valence electrons. The van der Waals surface area contributed by atoms with E-state index in [9.17, 15) is 4.79 Å². The molecule has 0 aliphatic rings. The lowest BCUT2D eigenvalue weighted by molar-refractivity contribution is -0.120. The van der Waals surface area contributed by atoms with E-state index >= 15 is 0 Å². The van der Waals surface area contributed by atoms with Crippen molar-refractivity contribution >= 4 is 23.2 Å². The molecule has 0 saturated heterocycles. The number of hydrogen-bond acceptors (Lipinski definition) is 3. The monoisotopic (exact) mass is 330 g/mol. The molecule has 0 spiro atoms. The second-order valence-corrected chi connectivity index (χ2v) is 5.70. The molecule has 0 radical (unpaired) electrons. The van der Waals surface area contributed by atoms with Gasteiger partial charge in [0.1, 0.15) is 5.75 Å². The van der Waals surface area contributed by atoms with Gasteiger partial charge in [0, 0.05) is 5.02 Å². The minimum Gasteiger partial charge on any atom is -0.497 e. The maximum atomic E-state index is 11.8. The standard InChI is InChI=1S/C18H19ClN2O2/c1-23-15-8-6-13(7-9-15)17(20)16(18(21)22)10-5-12-3-2-4-14(19)11-12/h2-4,6-9,11,16,20H,5,10H2,1H3,(H2,21,22). The fourth-order valence-corrected chi connectivity index (χ4v) is 2.62. The van der Waals surface area contributed by atoms with Crippen LogP contribution in [0.5, 0.6) is 5.75 Å². The molecule has 3 N–H and O–H groups in total. The van der Waals surface area contributed by atoms with Crippen LogP contribution in [-0.2, 0) is 11.2 Å². The molecule has 0 heterocycles. The quantitative estimate of drug-likeness (QED) is 0.763. The lowest BCUT2D eigenvalue weighted by atomic mass is 9.90. The smallest absolute Gasteiger partial charge is 0.226 e. The van der Waals surface area contributed by atoms with Crippen molar-refractivity contribution in [2.45, 2.75) is 12.8 Å². The molecule has 0 saturated carbocycles. The zero-order chi connectivity index (χ0) is 16.8. The van der Waals surface area contributed by atoms with Gasteiger partial charge in [-0.15, -0.1) is 0 Å². The van der Waals surface area contributed by atoms with Crippen LogP contribution in [-0.4, -0.2) is 18.7 Å². The predicted molar refractivity (Wildman–Crippen MR) is 92.3 cm³/mol. The molecule has 0 aliphatic carbocycles. The Labute approximate surface area is 140 Å². The summed E-state index contributed by atoms with van der Waals surface area (Å²) in [5.41, 5.74) is 7.41. The summed E-state index contributed by atoms with van der Waals surface area (Å²) in [5.74, 6) is -0.425. The number of ether oxygens (including phenoxy) is 1. The number of halogens is 1. The van der Waals surface area contributed by atoms with Crippen LogP contribution in [0.3, 0.4) is 0 Å². The predicted octanol–water partition coefficient (Wildman–Crippen LogP) is 3.45. The summed E-state index contributed by atoms with van der Waals surface area (Å²) in [5, 5.41) is 8.94. The van der Waals surface area contributed by atoms with Gasteiger partial charge in [-0.05, 0) is 60.4 Å². The first-order valence-corrected chi connectivity index (χ1v) is 7.65. The van der Waals surface area contributed by atoms with E-state index in [1.165, 1.54) is 0 Å². The van der Waals surface area contributed by atoms with E-state index in [2.05, 4.69) is 0 Å². The molecule has 4 nitrogen and oxygen atoms in total. The SMILES string of the molecule is COc1ccc(C(=N)C(CCc2cccc(Cl)c2)C(N)=O)cc1. The first-order chi connectivity index (χ1) is 11.0. The third-order valence-electron chi connectivity index (χ3n) is 3.70. The third-order valence-corrected chi connectivity index (χ3v) is 3.94. The van der Waals surface area contributed by atoms with Crippen molar-refractivity contribution in [2.75, 3.05) is 7.11 Å². The highest BCUT2D eigenvalue weighted by Crippen LogP contribution is 2.19. The lowest BCUT2D eigenvalue weighted by Crippen LogP contribution is -2.31. The Morgan fingerprint density at radius 1 is 1.26 bits per heavy atom. The molecule has 1 unspecified atom stereocenters. The van der Waals surface area contributed by atoms with Gasteiger partial charge < -0.3 is 15.9 Å². The van der Waals surface area contributed by atoms with Gasteiger partial charge in [0.2, 0.25) is 5.91 Å². The summed E-state index contributed by atoms with van der Waals surface area (Å²) in [6, 6.07) is 14.5. The molecule has 0 aliphatic heterocycles. The minimum absolute atomic E-state index is 0.224. The molecule has 1 atom stereocenters. The van der Waals surface area contributed by atoms with Crippen LogP contribution in [0.1, 0.15) is 17.5 Å². The summed E-state index contributed by atoms with van der Waals surface area (Å²) in [6.07, 6.45) is 1.10. The van der Waals surface area contributed by atoms with E-state index in [0.717, 1.165) is 5.56 Å². The van der Waals surface area contributed by atoms with Crippen molar-refractivity contribution in [3.8, 4) is 5.75 Å². The molecule has 0 aromatic heterocycles. The second kappa shape index (κ2) is 7.79. The van der Waals surface area contributed by atoms with Crippen LogP contribution in [0.15, 0.2) is 48.5 Å². The molecule has 23 heavy (non-hydrogen) atoms. The van der Waals surface area contributed by atoms with Crippen LogP contribution in [0.2, 0.25) is 5.02 Å². The summed E-state index contributed by atoms with van der Waals surface area (Å²) in [4.78, 5) is 11.8. The highest BCUT2D eigenvalue weighted by atomic mass is 35.5. The van der Waals surface area contributed by atoms with Crippen molar-refractivity contribution in [1.29, 1.82) is 5.41 Å². The first kappa shape index (κ1) is 17.0. The summed E-state index contributed by atoms with van der Waals surface area (Å²) in [7, 11) is 1.58. The van der Waals surface area contributed by atoms with E-state index in [1.807, 2.05) is 18.2 Å². The molecular weight excluding hydrogens is 312 g/mol. The summed E-state index contributed by atoms with van der Waals surface area (Å²) in [6.45, 7) is 0. The number of rotatable bonds is 7. The van der Waals surface area contributed by atoms with Crippen molar-refractivity contribution in [3.63, 3.8) is 0 Å².